The third kappa shape index (κ3) is 4.90. The van der Waals surface area contributed by atoms with Crippen molar-refractivity contribution in [1.29, 1.82) is 5.41 Å². The maximum absolute atomic E-state index is 7.30. The molecule has 1 aromatic carbocycles. The van der Waals surface area contributed by atoms with Crippen LogP contribution in [0.5, 0.6) is 0 Å². The van der Waals surface area contributed by atoms with Crippen molar-refractivity contribution >= 4 is 56.8 Å². The Morgan fingerprint density at radius 2 is 1.78 bits per heavy atom. The van der Waals surface area contributed by atoms with Gasteiger partial charge in [-0.3, -0.25) is 5.41 Å². The number of halogens is 3. The minimum absolute atomic E-state index is 0.0392. The van der Waals surface area contributed by atoms with Gasteiger partial charge in [0.05, 0.1) is 0 Å². The summed E-state index contributed by atoms with van der Waals surface area (Å²) in [5.41, 5.74) is 7.25. The van der Waals surface area contributed by atoms with Crippen LogP contribution in [0.25, 0.3) is 0 Å². The third-order valence-electron chi connectivity index (χ3n) is 1.86. The van der Waals surface area contributed by atoms with E-state index in [0.29, 0.717) is 5.04 Å². The minimum Gasteiger partial charge on any atom is -0.378 e. The topological polar surface area (TPSA) is 62.2 Å². The zero-order valence-corrected chi connectivity index (χ0v) is 12.5. The summed E-state index contributed by atoms with van der Waals surface area (Å²) in [6.45, 7) is 1.97. The molecule has 3 nitrogen and oxygen atoms in total. The summed E-state index contributed by atoms with van der Waals surface area (Å²) in [7, 11) is 0. The SMILES string of the molecule is Cc1ccc(/C(=N/C(Cl)=C(Cl)Cl)SC(=N)N)cc1. The van der Waals surface area contributed by atoms with E-state index in [0.717, 1.165) is 22.9 Å². The number of aryl methyl sites for hydroxylation is 1. The molecule has 18 heavy (non-hydrogen) atoms. The molecule has 0 atom stereocenters. The highest BCUT2D eigenvalue weighted by atomic mass is 35.5. The molecule has 96 valence electrons. The lowest BCUT2D eigenvalue weighted by atomic mass is 10.2. The van der Waals surface area contributed by atoms with Gasteiger partial charge in [0.15, 0.2) is 10.3 Å². The van der Waals surface area contributed by atoms with E-state index in [4.69, 9.17) is 45.9 Å². The lowest BCUT2D eigenvalue weighted by Gasteiger charge is -2.05. The van der Waals surface area contributed by atoms with Gasteiger partial charge < -0.3 is 5.73 Å². The van der Waals surface area contributed by atoms with Crippen molar-refractivity contribution in [3.8, 4) is 0 Å². The summed E-state index contributed by atoms with van der Waals surface area (Å²) in [5.74, 6) is 0. The average molecular weight is 323 g/mol. The van der Waals surface area contributed by atoms with Crippen LogP contribution in [0.2, 0.25) is 0 Å². The molecule has 0 amide bonds. The largest absolute Gasteiger partial charge is 0.378 e. The van der Waals surface area contributed by atoms with Crippen LogP contribution in [-0.2, 0) is 0 Å². The van der Waals surface area contributed by atoms with Crippen LogP contribution in [0, 0.1) is 12.3 Å². The Hall–Kier alpha value is -0.680. The molecular formula is C11H10Cl3N3S. The van der Waals surface area contributed by atoms with Crippen LogP contribution in [0.4, 0.5) is 0 Å². The van der Waals surface area contributed by atoms with Crippen LogP contribution < -0.4 is 5.73 Å². The monoisotopic (exact) mass is 321 g/mol. The van der Waals surface area contributed by atoms with E-state index in [2.05, 4.69) is 4.99 Å². The fraction of sp³-hybridized carbons (Fsp3) is 0.0909. The first-order valence-electron chi connectivity index (χ1n) is 4.78. The summed E-state index contributed by atoms with van der Waals surface area (Å²) < 4.78 is -0.134. The Morgan fingerprint density at radius 3 is 2.22 bits per heavy atom. The van der Waals surface area contributed by atoms with Gasteiger partial charge in [-0.05, 0) is 18.7 Å². The highest BCUT2D eigenvalue weighted by Crippen LogP contribution is 2.23. The van der Waals surface area contributed by atoms with Gasteiger partial charge in [0.2, 0.25) is 0 Å². The summed E-state index contributed by atoms with van der Waals surface area (Å²) in [6.07, 6.45) is 0. The minimum atomic E-state index is -0.134. The normalized spacial score (nSPS) is 11.2. The van der Waals surface area contributed by atoms with Crippen LogP contribution in [0.3, 0.4) is 0 Å². The van der Waals surface area contributed by atoms with Gasteiger partial charge in [-0.2, -0.15) is 0 Å². The van der Waals surface area contributed by atoms with Gasteiger partial charge in [-0.15, -0.1) is 0 Å². The average Bonchev–Trinajstić information content (AvgIpc) is 2.28. The summed E-state index contributed by atoms with van der Waals surface area (Å²) in [6, 6.07) is 7.56. The molecule has 1 aromatic rings. The number of nitrogens with zero attached hydrogens (tertiary/aromatic N) is 1. The van der Waals surface area contributed by atoms with Crippen molar-refractivity contribution < 1.29 is 0 Å². The highest BCUT2D eigenvalue weighted by Gasteiger charge is 2.08. The van der Waals surface area contributed by atoms with Gasteiger partial charge in [0.1, 0.15) is 9.54 Å². The lowest BCUT2D eigenvalue weighted by molar-refractivity contribution is 1.45. The Labute approximate surface area is 125 Å². The predicted molar refractivity (Wildman–Crippen MR) is 81.8 cm³/mol. The van der Waals surface area contributed by atoms with Crippen molar-refractivity contribution in [3.05, 3.63) is 45.0 Å². The first kappa shape index (κ1) is 15.4. The molecule has 0 radical (unpaired) electrons. The van der Waals surface area contributed by atoms with E-state index in [1.165, 1.54) is 0 Å². The molecule has 0 aliphatic heterocycles. The summed E-state index contributed by atoms with van der Waals surface area (Å²) in [5, 5.41) is 7.63. The maximum Gasteiger partial charge on any atom is 0.160 e. The van der Waals surface area contributed by atoms with Crippen molar-refractivity contribution in [2.45, 2.75) is 6.92 Å². The highest BCUT2D eigenvalue weighted by molar-refractivity contribution is 8.26. The number of hydrogen-bond donors (Lipinski definition) is 2. The fourth-order valence-corrected chi connectivity index (χ4v) is 1.90. The molecule has 3 N–H and O–H groups in total. The molecule has 7 heteroatoms. The van der Waals surface area contributed by atoms with Gasteiger partial charge in [-0.1, -0.05) is 64.6 Å². The summed E-state index contributed by atoms with van der Waals surface area (Å²) in [4.78, 5) is 4.06. The molecule has 0 saturated heterocycles. The zero-order valence-electron chi connectivity index (χ0n) is 9.38. The molecule has 0 aromatic heterocycles. The number of amidine groups is 1. The van der Waals surface area contributed by atoms with Crippen LogP contribution in [0.15, 0.2) is 38.9 Å². The smallest absolute Gasteiger partial charge is 0.160 e. The van der Waals surface area contributed by atoms with Crippen molar-refractivity contribution in [2.75, 3.05) is 0 Å². The number of hydrogen-bond acceptors (Lipinski definition) is 3. The predicted octanol–water partition coefficient (Wildman–Crippen LogP) is 4.21. The molecular weight excluding hydrogens is 313 g/mol. The Kier molecular flexibility index (Phi) is 6.02. The van der Waals surface area contributed by atoms with Gasteiger partial charge in [0, 0.05) is 5.56 Å². The molecule has 0 spiro atoms. The van der Waals surface area contributed by atoms with E-state index < -0.39 is 0 Å². The summed E-state index contributed by atoms with van der Waals surface area (Å²) >= 11 is 17.8. The maximum atomic E-state index is 7.30. The zero-order chi connectivity index (χ0) is 13.7. The number of aliphatic imine (C=N–C) groups is 1. The van der Waals surface area contributed by atoms with Gasteiger partial charge >= 0.3 is 0 Å². The third-order valence-corrected chi connectivity index (χ3v) is 3.43. The van der Waals surface area contributed by atoms with E-state index in [1.807, 2.05) is 31.2 Å². The first-order valence-corrected chi connectivity index (χ1v) is 6.73. The number of thioether (sulfide) groups is 1. The number of benzene rings is 1. The van der Waals surface area contributed by atoms with E-state index in [9.17, 15) is 0 Å². The van der Waals surface area contributed by atoms with Gasteiger partial charge in [0.25, 0.3) is 0 Å². The molecule has 0 unspecified atom stereocenters. The van der Waals surface area contributed by atoms with Crippen molar-refractivity contribution in [1.82, 2.24) is 0 Å². The lowest BCUT2D eigenvalue weighted by Crippen LogP contribution is -2.09. The van der Waals surface area contributed by atoms with Crippen molar-refractivity contribution in [2.24, 2.45) is 10.7 Å². The quantitative estimate of drug-likeness (QED) is 0.486. The molecule has 0 aliphatic rings. The number of nitrogens with two attached hydrogens (primary N) is 1. The standard InChI is InChI=1S/C11H10Cl3N3S/c1-6-2-4-7(5-3-6)10(18-11(15)16)17-9(14)8(12)13/h2-5H,1H3,(H3,15,16)/b17-10-. The second-order valence-electron chi connectivity index (χ2n) is 3.30. The van der Waals surface area contributed by atoms with E-state index in [-0.39, 0.29) is 14.8 Å². The molecule has 1 rings (SSSR count). The first-order chi connectivity index (χ1) is 8.40. The van der Waals surface area contributed by atoms with Crippen LogP contribution >= 0.6 is 46.6 Å². The molecule has 0 fully saturated rings. The van der Waals surface area contributed by atoms with E-state index >= 15 is 0 Å². The Bertz CT molecular complexity index is 505. The van der Waals surface area contributed by atoms with Crippen molar-refractivity contribution in [3.63, 3.8) is 0 Å². The number of rotatable bonds is 2. The van der Waals surface area contributed by atoms with Crippen LogP contribution in [0.1, 0.15) is 11.1 Å². The number of nitrogens with one attached hydrogen (secondary N) is 1. The molecule has 0 saturated carbocycles. The second kappa shape index (κ2) is 7.04. The van der Waals surface area contributed by atoms with Crippen LogP contribution in [-0.4, -0.2) is 10.2 Å². The Balaban J connectivity index is 3.17. The molecule has 0 aliphatic carbocycles. The fourth-order valence-electron chi connectivity index (χ4n) is 1.08. The second-order valence-corrected chi connectivity index (χ2v) is 5.64. The molecule has 0 heterocycles. The Morgan fingerprint density at radius 1 is 1.22 bits per heavy atom. The van der Waals surface area contributed by atoms with Gasteiger partial charge in [-0.25, -0.2) is 4.99 Å². The van der Waals surface area contributed by atoms with E-state index in [1.54, 1.807) is 0 Å². The molecule has 0 bridgehead atoms.